The smallest absolute Gasteiger partial charge is 0.224 e. The molecule has 0 bridgehead atoms. The van der Waals surface area contributed by atoms with Crippen LogP contribution in [-0.2, 0) is 17.6 Å². The quantitative estimate of drug-likeness (QED) is 0.231. The molecule has 1 amide bonds. The highest BCUT2D eigenvalue weighted by Crippen LogP contribution is 2.26. The lowest BCUT2D eigenvalue weighted by Gasteiger charge is -2.18. The average molecular weight is 512 g/mol. The van der Waals surface area contributed by atoms with Gasteiger partial charge in [0, 0.05) is 25.7 Å². The number of aryl methyl sites for hydroxylation is 1. The minimum atomic E-state index is -0.224. The maximum Gasteiger partial charge on any atom is 0.224 e. The van der Waals surface area contributed by atoms with Crippen LogP contribution < -0.4 is 20.7 Å². The number of rotatable bonds is 7. The van der Waals surface area contributed by atoms with Crippen molar-refractivity contribution in [2.45, 2.75) is 19.3 Å². The molecule has 29 heavy (non-hydrogen) atoms. The first-order chi connectivity index (χ1) is 13.6. The topological polar surface area (TPSA) is 74.8 Å². The second-order valence-corrected chi connectivity index (χ2v) is 6.52. The predicted octanol–water partition coefficient (Wildman–Crippen LogP) is 3.11. The van der Waals surface area contributed by atoms with Crippen LogP contribution in [0.25, 0.3) is 0 Å². The molecular weight excluding hydrogens is 486 g/mol. The van der Waals surface area contributed by atoms with E-state index in [2.05, 4.69) is 20.9 Å². The Morgan fingerprint density at radius 1 is 1.14 bits per heavy atom. The molecule has 3 N–H and O–H groups in total. The van der Waals surface area contributed by atoms with Gasteiger partial charge in [0.1, 0.15) is 18.2 Å². The number of amides is 1. The summed E-state index contributed by atoms with van der Waals surface area (Å²) in [5.74, 6) is 1.32. The van der Waals surface area contributed by atoms with Crippen LogP contribution in [0.2, 0.25) is 0 Å². The Hall–Kier alpha value is -2.36. The first-order valence-corrected chi connectivity index (χ1v) is 9.38. The Labute approximate surface area is 187 Å². The monoisotopic (exact) mass is 512 g/mol. The van der Waals surface area contributed by atoms with Gasteiger partial charge in [-0.05, 0) is 54.3 Å². The second kappa shape index (κ2) is 11.6. The number of guanidine groups is 1. The minimum absolute atomic E-state index is 0. The minimum Gasteiger partial charge on any atom is -0.492 e. The molecule has 3 rings (SSSR count). The number of fused-ring (bicyclic) bond motifs is 1. The van der Waals surface area contributed by atoms with Crippen molar-refractivity contribution in [1.29, 1.82) is 0 Å². The highest BCUT2D eigenvalue weighted by Gasteiger charge is 2.14. The maximum atomic E-state index is 12.9. The number of aliphatic imine (C=N–C) groups is 1. The molecule has 156 valence electrons. The number of carbonyl (C=O) groups excluding carboxylic acids is 1. The molecule has 0 radical (unpaired) electrons. The Balaban J connectivity index is 0.00000300. The van der Waals surface area contributed by atoms with Crippen molar-refractivity contribution in [2.24, 2.45) is 4.99 Å². The Morgan fingerprint density at radius 3 is 2.66 bits per heavy atom. The molecular formula is C21H26FIN4O2. The number of benzene rings is 2. The molecule has 8 heteroatoms. The number of halogens is 2. The molecule has 0 fully saturated rings. The summed E-state index contributed by atoms with van der Waals surface area (Å²) in [6.45, 7) is 1.79. The zero-order chi connectivity index (χ0) is 19.8. The van der Waals surface area contributed by atoms with Gasteiger partial charge in [-0.25, -0.2) is 4.39 Å². The SMILES string of the molecule is CN=C(NCCOc1ccc2c(c1)CCC(=O)N2)NCCc1ccc(F)cc1.I. The molecule has 1 heterocycles. The second-order valence-electron chi connectivity index (χ2n) is 6.52. The van der Waals surface area contributed by atoms with Crippen LogP contribution >= 0.6 is 24.0 Å². The van der Waals surface area contributed by atoms with E-state index < -0.39 is 0 Å². The third kappa shape index (κ3) is 7.19. The van der Waals surface area contributed by atoms with Crippen molar-refractivity contribution in [3.05, 3.63) is 59.4 Å². The summed E-state index contributed by atoms with van der Waals surface area (Å²) in [5.41, 5.74) is 3.03. The van der Waals surface area contributed by atoms with Crippen LogP contribution in [-0.4, -0.2) is 38.6 Å². The Morgan fingerprint density at radius 2 is 1.90 bits per heavy atom. The van der Waals surface area contributed by atoms with Crippen molar-refractivity contribution >= 4 is 41.5 Å². The van der Waals surface area contributed by atoms with Crippen LogP contribution in [0.4, 0.5) is 10.1 Å². The fourth-order valence-electron chi connectivity index (χ4n) is 2.98. The molecule has 0 aliphatic carbocycles. The van der Waals surface area contributed by atoms with E-state index >= 15 is 0 Å². The molecule has 0 unspecified atom stereocenters. The number of hydrogen-bond donors (Lipinski definition) is 3. The van der Waals surface area contributed by atoms with Crippen LogP contribution in [0.3, 0.4) is 0 Å². The molecule has 2 aromatic rings. The Kier molecular flexibility index (Phi) is 9.17. The number of nitrogens with zero attached hydrogens (tertiary/aromatic N) is 1. The number of ether oxygens (including phenoxy) is 1. The molecule has 1 aliphatic rings. The number of nitrogens with one attached hydrogen (secondary N) is 3. The highest BCUT2D eigenvalue weighted by atomic mass is 127. The van der Waals surface area contributed by atoms with Gasteiger partial charge in [-0.2, -0.15) is 0 Å². The van der Waals surface area contributed by atoms with Gasteiger partial charge in [0.2, 0.25) is 5.91 Å². The number of carbonyl (C=O) groups is 1. The lowest BCUT2D eigenvalue weighted by atomic mass is 10.0. The molecule has 0 saturated carbocycles. The third-order valence-electron chi connectivity index (χ3n) is 4.48. The largest absolute Gasteiger partial charge is 0.492 e. The first kappa shape index (κ1) is 22.9. The summed E-state index contributed by atoms with van der Waals surface area (Å²) in [7, 11) is 1.71. The van der Waals surface area contributed by atoms with E-state index in [4.69, 9.17) is 4.74 Å². The maximum absolute atomic E-state index is 12.9. The van der Waals surface area contributed by atoms with Gasteiger partial charge >= 0.3 is 0 Å². The average Bonchev–Trinajstić information content (AvgIpc) is 2.71. The predicted molar refractivity (Wildman–Crippen MR) is 124 cm³/mol. The van der Waals surface area contributed by atoms with E-state index in [-0.39, 0.29) is 35.7 Å². The van der Waals surface area contributed by atoms with Gasteiger partial charge in [0.25, 0.3) is 0 Å². The summed E-state index contributed by atoms with van der Waals surface area (Å²) in [6, 6.07) is 12.2. The molecule has 6 nitrogen and oxygen atoms in total. The molecule has 0 spiro atoms. The van der Waals surface area contributed by atoms with E-state index in [1.165, 1.54) is 12.1 Å². The van der Waals surface area contributed by atoms with Gasteiger partial charge in [-0.15, -0.1) is 24.0 Å². The highest BCUT2D eigenvalue weighted by molar-refractivity contribution is 14.0. The number of hydrogen-bond acceptors (Lipinski definition) is 3. The summed E-state index contributed by atoms with van der Waals surface area (Å²) >= 11 is 0. The van der Waals surface area contributed by atoms with Gasteiger partial charge in [0.15, 0.2) is 5.96 Å². The van der Waals surface area contributed by atoms with Gasteiger partial charge in [0.05, 0.1) is 6.54 Å². The standard InChI is InChI=1S/C21H25FN4O2.HI/c1-23-21(24-11-10-15-2-5-17(22)6-3-15)25-12-13-28-18-7-8-19-16(14-18)4-9-20(27)26-19;/h2-3,5-8,14H,4,9-13H2,1H3,(H,26,27)(H2,23,24,25);1H. The van der Waals surface area contributed by atoms with E-state index in [1.54, 1.807) is 19.2 Å². The summed E-state index contributed by atoms with van der Waals surface area (Å²) in [5, 5.41) is 9.29. The van der Waals surface area contributed by atoms with Crippen LogP contribution in [0, 0.1) is 5.82 Å². The van der Waals surface area contributed by atoms with E-state index in [1.807, 2.05) is 18.2 Å². The number of anilines is 1. The van der Waals surface area contributed by atoms with E-state index in [9.17, 15) is 9.18 Å². The lowest BCUT2D eigenvalue weighted by molar-refractivity contribution is -0.116. The van der Waals surface area contributed by atoms with Crippen molar-refractivity contribution in [3.63, 3.8) is 0 Å². The van der Waals surface area contributed by atoms with Crippen molar-refractivity contribution in [2.75, 3.05) is 32.1 Å². The molecule has 0 atom stereocenters. The van der Waals surface area contributed by atoms with E-state index in [0.717, 1.165) is 35.4 Å². The zero-order valence-electron chi connectivity index (χ0n) is 16.3. The van der Waals surface area contributed by atoms with Gasteiger partial charge < -0.3 is 20.7 Å². The fraction of sp³-hybridized carbons (Fsp3) is 0.333. The molecule has 0 saturated heterocycles. The summed E-state index contributed by atoms with van der Waals surface area (Å²) < 4.78 is 18.7. The lowest BCUT2D eigenvalue weighted by Crippen LogP contribution is -2.40. The molecule has 1 aliphatic heterocycles. The van der Waals surface area contributed by atoms with Crippen LogP contribution in [0.15, 0.2) is 47.5 Å². The summed E-state index contributed by atoms with van der Waals surface area (Å²) in [6.07, 6.45) is 2.03. The van der Waals surface area contributed by atoms with E-state index in [0.29, 0.717) is 32.1 Å². The third-order valence-corrected chi connectivity index (χ3v) is 4.48. The van der Waals surface area contributed by atoms with Gasteiger partial charge in [-0.1, -0.05) is 12.1 Å². The van der Waals surface area contributed by atoms with Gasteiger partial charge in [-0.3, -0.25) is 9.79 Å². The molecule has 2 aromatic carbocycles. The normalized spacial score (nSPS) is 13.0. The molecule has 0 aromatic heterocycles. The van der Waals surface area contributed by atoms with Crippen molar-refractivity contribution in [1.82, 2.24) is 10.6 Å². The van der Waals surface area contributed by atoms with Crippen LogP contribution in [0.5, 0.6) is 5.75 Å². The Bertz CT molecular complexity index is 843. The summed E-state index contributed by atoms with van der Waals surface area (Å²) in [4.78, 5) is 15.6. The fourth-order valence-corrected chi connectivity index (χ4v) is 2.98. The van der Waals surface area contributed by atoms with Crippen LogP contribution in [0.1, 0.15) is 17.5 Å². The first-order valence-electron chi connectivity index (χ1n) is 9.38. The van der Waals surface area contributed by atoms with Crippen molar-refractivity contribution in [3.8, 4) is 5.75 Å². The zero-order valence-corrected chi connectivity index (χ0v) is 18.7. The van der Waals surface area contributed by atoms with Crippen molar-refractivity contribution < 1.29 is 13.9 Å².